The SMILES string of the molecule is C/C(=C\c1csc(C)n1)[C@H]1C/C=C/C(=O)O[C@@H](C)C(=O)/C=C/C(=O)O[C@@H](C)CC(=O)O1. The van der Waals surface area contributed by atoms with Crippen LogP contribution in [0.4, 0.5) is 0 Å². The number of carbonyl (C=O) groups is 4. The summed E-state index contributed by atoms with van der Waals surface area (Å²) in [5.74, 6) is -2.64. The summed E-state index contributed by atoms with van der Waals surface area (Å²) in [6.45, 7) is 6.65. The molecule has 2 rings (SSSR count). The monoisotopic (exact) mass is 447 g/mol. The van der Waals surface area contributed by atoms with Crippen LogP contribution in [0, 0.1) is 6.92 Å². The summed E-state index contributed by atoms with van der Waals surface area (Å²) in [7, 11) is 0. The number of rotatable bonds is 2. The lowest BCUT2D eigenvalue weighted by molar-refractivity contribution is -0.153. The first-order chi connectivity index (χ1) is 14.6. The van der Waals surface area contributed by atoms with Gasteiger partial charge in [0.05, 0.1) is 17.1 Å². The maximum atomic E-state index is 12.4. The Balaban J connectivity index is 2.24. The molecular weight excluding hydrogens is 422 g/mol. The first kappa shape index (κ1) is 24.2. The molecule has 0 bridgehead atoms. The predicted octanol–water partition coefficient (Wildman–Crippen LogP) is 3.11. The highest BCUT2D eigenvalue weighted by molar-refractivity contribution is 7.09. The molecule has 2 heterocycles. The van der Waals surface area contributed by atoms with Crippen LogP contribution in [0.2, 0.25) is 0 Å². The fraction of sp³-hybridized carbons (Fsp3) is 0.409. The minimum atomic E-state index is -1.06. The van der Waals surface area contributed by atoms with Crippen molar-refractivity contribution < 1.29 is 33.4 Å². The van der Waals surface area contributed by atoms with Crippen LogP contribution in [0.1, 0.15) is 44.3 Å². The second-order valence-corrected chi connectivity index (χ2v) is 8.12. The molecule has 0 saturated heterocycles. The smallest absolute Gasteiger partial charge is 0.331 e. The first-order valence-electron chi connectivity index (χ1n) is 9.73. The number of aryl methyl sites for hydroxylation is 1. The number of esters is 3. The van der Waals surface area contributed by atoms with Crippen molar-refractivity contribution in [2.24, 2.45) is 0 Å². The van der Waals surface area contributed by atoms with Crippen LogP contribution in [0.25, 0.3) is 6.08 Å². The van der Waals surface area contributed by atoms with Gasteiger partial charge in [-0.3, -0.25) is 9.59 Å². The third-order valence-corrected chi connectivity index (χ3v) is 5.04. The third-order valence-electron chi connectivity index (χ3n) is 4.25. The van der Waals surface area contributed by atoms with Gasteiger partial charge >= 0.3 is 17.9 Å². The van der Waals surface area contributed by atoms with Gasteiger partial charge < -0.3 is 14.2 Å². The largest absolute Gasteiger partial charge is 0.459 e. The van der Waals surface area contributed by atoms with Crippen LogP contribution < -0.4 is 0 Å². The van der Waals surface area contributed by atoms with Gasteiger partial charge in [-0.1, -0.05) is 6.08 Å². The number of ketones is 1. The molecule has 0 N–H and O–H groups in total. The molecule has 0 aliphatic carbocycles. The van der Waals surface area contributed by atoms with E-state index in [0.717, 1.165) is 28.4 Å². The topological polar surface area (TPSA) is 109 Å². The Morgan fingerprint density at radius 1 is 1.06 bits per heavy atom. The van der Waals surface area contributed by atoms with E-state index in [4.69, 9.17) is 14.2 Å². The summed E-state index contributed by atoms with van der Waals surface area (Å²) < 4.78 is 15.7. The highest BCUT2D eigenvalue weighted by Crippen LogP contribution is 2.19. The summed E-state index contributed by atoms with van der Waals surface area (Å²) in [6, 6.07) is 0. The highest BCUT2D eigenvalue weighted by atomic mass is 32.1. The van der Waals surface area contributed by atoms with Crippen molar-refractivity contribution in [3.8, 4) is 0 Å². The second kappa shape index (κ2) is 11.4. The van der Waals surface area contributed by atoms with Crippen molar-refractivity contribution >= 4 is 41.1 Å². The summed E-state index contributed by atoms with van der Waals surface area (Å²) in [5.41, 5.74) is 1.47. The lowest BCUT2D eigenvalue weighted by atomic mass is 10.1. The van der Waals surface area contributed by atoms with E-state index in [1.807, 2.05) is 12.3 Å². The molecule has 0 spiro atoms. The number of aromatic nitrogens is 1. The van der Waals surface area contributed by atoms with E-state index in [2.05, 4.69) is 4.98 Å². The van der Waals surface area contributed by atoms with Crippen LogP contribution in [0.5, 0.6) is 0 Å². The molecule has 3 atom stereocenters. The number of nitrogens with zero attached hydrogens (tertiary/aromatic N) is 1. The summed E-state index contributed by atoms with van der Waals surface area (Å²) in [4.78, 5) is 52.5. The minimum absolute atomic E-state index is 0.157. The van der Waals surface area contributed by atoms with Gasteiger partial charge in [-0.05, 0) is 45.4 Å². The number of ether oxygens (including phenoxy) is 3. The standard InChI is InChI=1S/C22H25NO7S/c1-13(10-17-12-31-16(4)23-17)19-6-5-7-20(25)29-15(3)18(24)8-9-21(26)28-14(2)11-22(27)30-19/h5,7-10,12,14-15,19H,6,11H2,1-4H3/b7-5+,9-8+,13-10+/t14-,15-,19+/m0/s1. The Kier molecular flexibility index (Phi) is 8.87. The average molecular weight is 448 g/mol. The van der Waals surface area contributed by atoms with Crippen LogP contribution in [-0.2, 0) is 33.4 Å². The Hall–Kier alpha value is -3.07. The van der Waals surface area contributed by atoms with Crippen LogP contribution >= 0.6 is 11.3 Å². The molecule has 0 amide bonds. The lowest BCUT2D eigenvalue weighted by Gasteiger charge is -2.19. The van der Waals surface area contributed by atoms with E-state index in [1.165, 1.54) is 30.4 Å². The van der Waals surface area contributed by atoms with E-state index in [1.54, 1.807) is 19.9 Å². The molecular formula is C22H25NO7S. The molecule has 166 valence electrons. The van der Waals surface area contributed by atoms with E-state index in [0.29, 0.717) is 0 Å². The Morgan fingerprint density at radius 2 is 1.77 bits per heavy atom. The van der Waals surface area contributed by atoms with Crippen molar-refractivity contribution in [3.05, 3.63) is 46.0 Å². The maximum Gasteiger partial charge on any atom is 0.331 e. The zero-order chi connectivity index (χ0) is 23.0. The Labute approximate surface area is 184 Å². The number of hydrogen-bond acceptors (Lipinski definition) is 9. The first-order valence-corrected chi connectivity index (χ1v) is 10.6. The molecule has 8 nitrogen and oxygen atoms in total. The Morgan fingerprint density at radius 3 is 2.45 bits per heavy atom. The zero-order valence-electron chi connectivity index (χ0n) is 17.8. The van der Waals surface area contributed by atoms with Gasteiger partial charge in [-0.2, -0.15) is 0 Å². The average Bonchev–Trinajstić information content (AvgIpc) is 3.08. The van der Waals surface area contributed by atoms with E-state index >= 15 is 0 Å². The van der Waals surface area contributed by atoms with Crippen LogP contribution in [0.15, 0.2) is 35.3 Å². The van der Waals surface area contributed by atoms with E-state index in [9.17, 15) is 19.2 Å². The normalized spacial score (nSPS) is 26.6. The Bertz CT molecular complexity index is 928. The van der Waals surface area contributed by atoms with Gasteiger partial charge in [0.1, 0.15) is 12.2 Å². The number of cyclic esters (lactones) is 3. The van der Waals surface area contributed by atoms with Crippen LogP contribution in [-0.4, -0.2) is 47.0 Å². The van der Waals surface area contributed by atoms with Crippen molar-refractivity contribution in [1.29, 1.82) is 0 Å². The van der Waals surface area contributed by atoms with Gasteiger partial charge in [0.15, 0.2) is 11.9 Å². The van der Waals surface area contributed by atoms with Gasteiger partial charge in [0.25, 0.3) is 0 Å². The molecule has 0 aromatic carbocycles. The predicted molar refractivity (Wildman–Crippen MR) is 114 cm³/mol. The lowest BCUT2D eigenvalue weighted by Crippen LogP contribution is -2.25. The maximum absolute atomic E-state index is 12.4. The number of thiazole rings is 1. The molecule has 0 fully saturated rings. The van der Waals surface area contributed by atoms with Crippen molar-refractivity contribution in [1.82, 2.24) is 4.98 Å². The summed E-state index contributed by atoms with van der Waals surface area (Å²) >= 11 is 1.50. The van der Waals surface area contributed by atoms with Gasteiger partial charge in [0, 0.05) is 24.0 Å². The molecule has 9 heteroatoms. The van der Waals surface area contributed by atoms with Gasteiger partial charge in [0.2, 0.25) is 0 Å². The zero-order valence-corrected chi connectivity index (χ0v) is 18.6. The molecule has 0 saturated carbocycles. The number of hydrogen-bond donors (Lipinski definition) is 0. The second-order valence-electron chi connectivity index (χ2n) is 7.06. The minimum Gasteiger partial charge on any atom is -0.459 e. The summed E-state index contributed by atoms with van der Waals surface area (Å²) in [6.07, 6.45) is 4.00. The van der Waals surface area contributed by atoms with Crippen molar-refractivity contribution in [2.45, 2.75) is 58.8 Å². The highest BCUT2D eigenvalue weighted by Gasteiger charge is 2.21. The molecule has 0 unspecified atom stereocenters. The molecule has 0 radical (unpaired) electrons. The number of carbonyl (C=O) groups excluding carboxylic acids is 4. The fourth-order valence-electron chi connectivity index (χ4n) is 2.67. The van der Waals surface area contributed by atoms with Crippen molar-refractivity contribution in [3.63, 3.8) is 0 Å². The van der Waals surface area contributed by atoms with E-state index in [-0.39, 0.29) is 12.8 Å². The van der Waals surface area contributed by atoms with Gasteiger partial charge in [-0.15, -0.1) is 11.3 Å². The van der Waals surface area contributed by atoms with Crippen LogP contribution in [0.3, 0.4) is 0 Å². The quantitative estimate of drug-likeness (QED) is 0.503. The van der Waals surface area contributed by atoms with Gasteiger partial charge in [-0.25, -0.2) is 14.6 Å². The van der Waals surface area contributed by atoms with E-state index < -0.39 is 42.0 Å². The van der Waals surface area contributed by atoms with Crippen molar-refractivity contribution in [2.75, 3.05) is 0 Å². The fourth-order valence-corrected chi connectivity index (χ4v) is 3.24. The molecule has 1 aromatic rings. The summed E-state index contributed by atoms with van der Waals surface area (Å²) in [5, 5.41) is 2.79. The molecule has 1 aliphatic rings. The molecule has 1 aromatic heterocycles. The third kappa shape index (κ3) is 8.29. The molecule has 31 heavy (non-hydrogen) atoms. The molecule has 1 aliphatic heterocycles.